The number of nitrogens with two attached hydrogens (primary N) is 1. The number of hydrogen-bond acceptors (Lipinski definition) is 3. The molecule has 0 amide bonds. The van der Waals surface area contributed by atoms with Crippen LogP contribution in [0.5, 0.6) is 5.75 Å². The molecule has 0 spiro atoms. The summed E-state index contributed by atoms with van der Waals surface area (Å²) in [7, 11) is 1.65. The molecule has 0 aliphatic carbocycles. The van der Waals surface area contributed by atoms with Gasteiger partial charge in [0.05, 0.1) is 23.9 Å². The number of hydrogen-bond donors (Lipinski definition) is 1. The largest absolute Gasteiger partial charge is 0.496 e. The molecule has 1 aromatic carbocycles. The van der Waals surface area contributed by atoms with E-state index in [9.17, 15) is 0 Å². The summed E-state index contributed by atoms with van der Waals surface area (Å²) < 4.78 is 7.14. The third-order valence-corrected chi connectivity index (χ3v) is 3.27. The van der Waals surface area contributed by atoms with E-state index >= 15 is 0 Å². The first-order valence-corrected chi connectivity index (χ1v) is 6.09. The van der Waals surface area contributed by atoms with Gasteiger partial charge in [0.25, 0.3) is 0 Å². The van der Waals surface area contributed by atoms with E-state index < -0.39 is 0 Å². The first kappa shape index (κ1) is 12.9. The maximum Gasteiger partial charge on any atom is 0.124 e. The zero-order chi connectivity index (χ0) is 13.1. The number of halogens is 1. The molecule has 1 heterocycles. The number of ether oxygens (including phenoxy) is 1. The topological polar surface area (TPSA) is 53.1 Å². The number of benzene rings is 1. The van der Waals surface area contributed by atoms with Gasteiger partial charge in [-0.25, -0.2) is 0 Å². The normalized spacial score (nSPS) is 12.4. The molecule has 0 saturated carbocycles. The van der Waals surface area contributed by atoms with Crippen LogP contribution in [-0.2, 0) is 0 Å². The van der Waals surface area contributed by atoms with Crippen molar-refractivity contribution in [2.45, 2.75) is 13.0 Å². The van der Waals surface area contributed by atoms with Gasteiger partial charge in [0.1, 0.15) is 5.75 Å². The molecule has 1 unspecified atom stereocenters. The summed E-state index contributed by atoms with van der Waals surface area (Å²) in [6.45, 7) is 2.30. The second-order valence-corrected chi connectivity index (χ2v) is 4.44. The average Bonchev–Trinajstić information content (AvgIpc) is 2.71. The first-order chi connectivity index (χ1) is 8.67. The van der Waals surface area contributed by atoms with Gasteiger partial charge in [0, 0.05) is 18.3 Å². The van der Waals surface area contributed by atoms with Gasteiger partial charge in [-0.05, 0) is 13.0 Å². The van der Waals surface area contributed by atoms with E-state index in [1.165, 1.54) is 0 Å². The van der Waals surface area contributed by atoms with E-state index in [1.807, 2.05) is 31.2 Å². The van der Waals surface area contributed by atoms with Crippen LogP contribution < -0.4 is 10.5 Å². The van der Waals surface area contributed by atoms with E-state index in [4.69, 9.17) is 22.1 Å². The molecule has 0 radical (unpaired) electrons. The van der Waals surface area contributed by atoms with Gasteiger partial charge >= 0.3 is 0 Å². The van der Waals surface area contributed by atoms with Crippen molar-refractivity contribution in [3.63, 3.8) is 0 Å². The fourth-order valence-corrected chi connectivity index (χ4v) is 2.08. The molecule has 5 heteroatoms. The Morgan fingerprint density at radius 1 is 1.44 bits per heavy atom. The van der Waals surface area contributed by atoms with Gasteiger partial charge in [-0.1, -0.05) is 29.8 Å². The highest BCUT2D eigenvalue weighted by molar-refractivity contribution is 6.31. The number of para-hydroxylation sites is 1. The highest BCUT2D eigenvalue weighted by Crippen LogP contribution is 2.28. The summed E-state index contributed by atoms with van der Waals surface area (Å²) in [4.78, 5) is 0. The number of aromatic nitrogens is 2. The maximum atomic E-state index is 6.04. The van der Waals surface area contributed by atoms with E-state index in [0.29, 0.717) is 11.6 Å². The second-order valence-electron chi connectivity index (χ2n) is 4.04. The van der Waals surface area contributed by atoms with E-state index in [0.717, 1.165) is 17.0 Å². The Hall–Kier alpha value is -1.52. The number of methoxy groups -OCH3 is 1. The highest BCUT2D eigenvalue weighted by Gasteiger charge is 2.18. The SMILES string of the molecule is COc1ccccc1C(CN)n1cc(Cl)c(C)n1. The van der Waals surface area contributed by atoms with Gasteiger partial charge in [0.15, 0.2) is 0 Å². The molecule has 0 aliphatic rings. The third-order valence-electron chi connectivity index (χ3n) is 2.90. The van der Waals surface area contributed by atoms with Crippen LogP contribution in [0.4, 0.5) is 0 Å². The number of nitrogens with zero attached hydrogens (tertiary/aromatic N) is 2. The van der Waals surface area contributed by atoms with Crippen molar-refractivity contribution in [3.05, 3.63) is 46.7 Å². The molecule has 2 aromatic rings. The molecule has 96 valence electrons. The lowest BCUT2D eigenvalue weighted by Crippen LogP contribution is -2.21. The Morgan fingerprint density at radius 3 is 2.72 bits per heavy atom. The maximum absolute atomic E-state index is 6.04. The molecular formula is C13H16ClN3O. The predicted octanol–water partition coefficient (Wildman–Crippen LogP) is 2.40. The van der Waals surface area contributed by atoms with Gasteiger partial charge < -0.3 is 10.5 Å². The Kier molecular flexibility index (Phi) is 3.89. The van der Waals surface area contributed by atoms with Crippen LogP contribution in [-0.4, -0.2) is 23.4 Å². The minimum atomic E-state index is -0.0765. The van der Waals surface area contributed by atoms with Gasteiger partial charge in [-0.3, -0.25) is 4.68 Å². The van der Waals surface area contributed by atoms with Crippen LogP contribution >= 0.6 is 11.6 Å². The minimum Gasteiger partial charge on any atom is -0.496 e. The molecule has 0 fully saturated rings. The quantitative estimate of drug-likeness (QED) is 0.924. The van der Waals surface area contributed by atoms with Gasteiger partial charge in [-0.2, -0.15) is 5.10 Å². The van der Waals surface area contributed by atoms with Crippen LogP contribution in [0.15, 0.2) is 30.5 Å². The minimum absolute atomic E-state index is 0.0765. The van der Waals surface area contributed by atoms with Gasteiger partial charge in [-0.15, -0.1) is 0 Å². The molecule has 2 rings (SSSR count). The lowest BCUT2D eigenvalue weighted by atomic mass is 10.1. The van der Waals surface area contributed by atoms with Crippen LogP contribution in [0.3, 0.4) is 0 Å². The molecular weight excluding hydrogens is 250 g/mol. The van der Waals surface area contributed by atoms with Crippen molar-refractivity contribution in [1.82, 2.24) is 9.78 Å². The molecule has 2 N–H and O–H groups in total. The Balaban J connectivity index is 2.45. The van der Waals surface area contributed by atoms with Crippen LogP contribution in [0.2, 0.25) is 5.02 Å². The highest BCUT2D eigenvalue weighted by atomic mass is 35.5. The van der Waals surface area contributed by atoms with Crippen LogP contribution in [0.25, 0.3) is 0 Å². The Bertz CT molecular complexity index is 519. The standard InChI is InChI=1S/C13H16ClN3O/c1-9-11(14)8-17(16-9)12(7-15)10-5-3-4-6-13(10)18-2/h3-6,8,12H,7,15H2,1-2H3. The molecule has 0 saturated heterocycles. The van der Waals surface area contributed by atoms with Crippen molar-refractivity contribution in [3.8, 4) is 5.75 Å². The summed E-state index contributed by atoms with van der Waals surface area (Å²) in [5.74, 6) is 0.803. The summed E-state index contributed by atoms with van der Waals surface area (Å²) >= 11 is 6.04. The molecule has 18 heavy (non-hydrogen) atoms. The Morgan fingerprint density at radius 2 is 2.17 bits per heavy atom. The lowest BCUT2D eigenvalue weighted by molar-refractivity contribution is 0.398. The Labute approximate surface area is 111 Å². The molecule has 0 aliphatic heterocycles. The zero-order valence-corrected chi connectivity index (χ0v) is 11.2. The van der Waals surface area contributed by atoms with E-state index in [-0.39, 0.29) is 6.04 Å². The summed E-state index contributed by atoms with van der Waals surface area (Å²) in [5, 5.41) is 5.02. The molecule has 1 aromatic heterocycles. The molecule has 1 atom stereocenters. The first-order valence-electron chi connectivity index (χ1n) is 5.71. The van der Waals surface area contributed by atoms with Crippen molar-refractivity contribution in [1.29, 1.82) is 0 Å². The second kappa shape index (κ2) is 5.42. The zero-order valence-electron chi connectivity index (χ0n) is 10.4. The monoisotopic (exact) mass is 265 g/mol. The van der Waals surface area contributed by atoms with Crippen LogP contribution in [0, 0.1) is 6.92 Å². The average molecular weight is 266 g/mol. The van der Waals surface area contributed by atoms with Crippen molar-refractivity contribution in [2.75, 3.05) is 13.7 Å². The van der Waals surface area contributed by atoms with E-state index in [2.05, 4.69) is 5.10 Å². The van der Waals surface area contributed by atoms with Gasteiger partial charge in [0.2, 0.25) is 0 Å². The van der Waals surface area contributed by atoms with Crippen molar-refractivity contribution in [2.24, 2.45) is 5.73 Å². The lowest BCUT2D eigenvalue weighted by Gasteiger charge is -2.18. The van der Waals surface area contributed by atoms with Crippen molar-refractivity contribution >= 4 is 11.6 Å². The van der Waals surface area contributed by atoms with Crippen molar-refractivity contribution < 1.29 is 4.74 Å². The number of rotatable bonds is 4. The summed E-state index contributed by atoms with van der Waals surface area (Å²) in [6, 6.07) is 7.71. The summed E-state index contributed by atoms with van der Waals surface area (Å²) in [5.41, 5.74) is 7.66. The molecule has 0 bridgehead atoms. The van der Waals surface area contributed by atoms with Crippen LogP contribution in [0.1, 0.15) is 17.3 Å². The molecule has 4 nitrogen and oxygen atoms in total. The number of aryl methyl sites for hydroxylation is 1. The van der Waals surface area contributed by atoms with E-state index in [1.54, 1.807) is 18.0 Å². The third kappa shape index (κ3) is 2.35. The predicted molar refractivity (Wildman–Crippen MR) is 72.2 cm³/mol. The summed E-state index contributed by atoms with van der Waals surface area (Å²) in [6.07, 6.45) is 1.79. The fraction of sp³-hybridized carbons (Fsp3) is 0.308. The fourth-order valence-electron chi connectivity index (χ4n) is 1.94. The smallest absolute Gasteiger partial charge is 0.124 e.